The second-order valence-electron chi connectivity index (χ2n) is 1.92. The lowest BCUT2D eigenvalue weighted by molar-refractivity contribution is -0.112. The fourth-order valence-electron chi connectivity index (χ4n) is 0.695. The van der Waals surface area contributed by atoms with E-state index in [1.54, 1.807) is 12.1 Å². The van der Waals surface area contributed by atoms with Gasteiger partial charge in [-0.3, -0.25) is 4.79 Å². The second kappa shape index (κ2) is 3.48. The zero-order valence-corrected chi connectivity index (χ0v) is 7.62. The van der Waals surface area contributed by atoms with Gasteiger partial charge < -0.3 is 4.57 Å². The van der Waals surface area contributed by atoms with E-state index in [0.29, 0.717) is 10.3 Å². The Hall–Kier alpha value is -0.180. The Morgan fingerprint density at radius 1 is 1.36 bits per heavy atom. The minimum Gasteiger partial charge on any atom is -0.314 e. The molecule has 0 aromatic carbocycles. The van der Waals surface area contributed by atoms with Crippen molar-refractivity contribution in [3.63, 3.8) is 0 Å². The zero-order chi connectivity index (χ0) is 8.43. The summed E-state index contributed by atoms with van der Waals surface area (Å²) < 4.78 is 1.42. The molecule has 0 saturated heterocycles. The van der Waals surface area contributed by atoms with Crippen molar-refractivity contribution in [3.8, 4) is 0 Å². The molecule has 1 aromatic heterocycles. The first-order valence-corrected chi connectivity index (χ1v) is 3.93. The van der Waals surface area contributed by atoms with Gasteiger partial charge in [-0.1, -0.05) is 23.2 Å². The van der Waals surface area contributed by atoms with Gasteiger partial charge in [-0.2, -0.15) is 0 Å². The third-order valence-electron chi connectivity index (χ3n) is 1.16. The first-order valence-electron chi connectivity index (χ1n) is 2.80. The third-order valence-corrected chi connectivity index (χ3v) is 1.94. The Balaban J connectivity index is 2.92. The molecule has 1 aromatic rings. The fourth-order valence-corrected chi connectivity index (χ4v) is 1.29. The summed E-state index contributed by atoms with van der Waals surface area (Å²) in [4.78, 5) is 10.4. The summed E-state index contributed by atoms with van der Waals surface area (Å²) >= 11 is 16.4. The number of hydrogen-bond donors (Lipinski definition) is 0. The van der Waals surface area contributed by atoms with Crippen LogP contribution in [0.2, 0.25) is 10.3 Å². The summed E-state index contributed by atoms with van der Waals surface area (Å²) in [6.45, 7) is 0.00617. The molecular formula is C6H4Cl3NO. The third kappa shape index (κ3) is 2.12. The van der Waals surface area contributed by atoms with Crippen LogP contribution >= 0.6 is 34.8 Å². The molecule has 0 aliphatic heterocycles. The predicted molar refractivity (Wildman–Crippen MR) is 45.3 cm³/mol. The first-order chi connectivity index (χ1) is 5.11. The van der Waals surface area contributed by atoms with Gasteiger partial charge in [0.15, 0.2) is 0 Å². The summed E-state index contributed by atoms with van der Waals surface area (Å²) in [5.74, 6) is 0. The molecule has 60 valence electrons. The molecule has 0 spiro atoms. The number of carbonyl (C=O) groups is 1. The average Bonchev–Trinajstić information content (AvgIpc) is 2.18. The predicted octanol–water partition coefficient (Wildman–Crippen LogP) is 2.56. The number of aromatic nitrogens is 1. The van der Waals surface area contributed by atoms with Gasteiger partial charge in [-0.05, 0) is 23.7 Å². The molecule has 0 amide bonds. The molecule has 0 N–H and O–H groups in total. The van der Waals surface area contributed by atoms with Crippen molar-refractivity contribution < 1.29 is 4.79 Å². The molecule has 0 saturated carbocycles. The molecule has 0 fully saturated rings. The lowest BCUT2D eigenvalue weighted by Gasteiger charge is -2.00. The minimum atomic E-state index is -0.495. The molecule has 0 atom stereocenters. The fraction of sp³-hybridized carbons (Fsp3) is 0.167. The van der Waals surface area contributed by atoms with Crippen LogP contribution in [-0.2, 0) is 11.3 Å². The molecule has 0 aliphatic carbocycles. The van der Waals surface area contributed by atoms with Crippen LogP contribution in [0.3, 0.4) is 0 Å². The van der Waals surface area contributed by atoms with Gasteiger partial charge in [0.1, 0.15) is 10.3 Å². The molecule has 0 bridgehead atoms. The summed E-state index contributed by atoms with van der Waals surface area (Å²) in [5.41, 5.74) is 0. The smallest absolute Gasteiger partial charge is 0.241 e. The van der Waals surface area contributed by atoms with Gasteiger partial charge in [0.05, 0.1) is 6.54 Å². The summed E-state index contributed by atoms with van der Waals surface area (Å²) in [5, 5.41) is 0.318. The van der Waals surface area contributed by atoms with E-state index in [1.165, 1.54) is 4.57 Å². The second-order valence-corrected chi connectivity index (χ2v) is 3.12. The van der Waals surface area contributed by atoms with Crippen LogP contribution in [0.25, 0.3) is 0 Å². The Bertz CT molecular complexity index is 262. The van der Waals surface area contributed by atoms with E-state index < -0.39 is 5.24 Å². The van der Waals surface area contributed by atoms with Crippen LogP contribution in [0, 0.1) is 0 Å². The lowest BCUT2D eigenvalue weighted by Crippen LogP contribution is -2.03. The Morgan fingerprint density at radius 2 is 1.82 bits per heavy atom. The lowest BCUT2D eigenvalue weighted by atomic mass is 10.7. The highest BCUT2D eigenvalue weighted by Crippen LogP contribution is 2.19. The van der Waals surface area contributed by atoms with Crippen LogP contribution in [0.1, 0.15) is 0 Å². The van der Waals surface area contributed by atoms with Crippen molar-refractivity contribution in [1.82, 2.24) is 4.57 Å². The topological polar surface area (TPSA) is 22.0 Å². The maximum atomic E-state index is 10.4. The van der Waals surface area contributed by atoms with Crippen molar-refractivity contribution in [1.29, 1.82) is 0 Å². The Labute approximate surface area is 78.7 Å². The zero-order valence-electron chi connectivity index (χ0n) is 5.35. The Kier molecular flexibility index (Phi) is 2.82. The van der Waals surface area contributed by atoms with Gasteiger partial charge >= 0.3 is 0 Å². The number of hydrogen-bond acceptors (Lipinski definition) is 1. The van der Waals surface area contributed by atoms with Gasteiger partial charge in [-0.15, -0.1) is 0 Å². The number of halogens is 3. The highest BCUT2D eigenvalue weighted by Gasteiger charge is 2.06. The normalized spacial score (nSPS) is 10.1. The van der Waals surface area contributed by atoms with Crippen LogP contribution in [-0.4, -0.2) is 9.81 Å². The molecule has 1 heterocycles. The maximum absolute atomic E-state index is 10.4. The molecule has 1 rings (SSSR count). The van der Waals surface area contributed by atoms with E-state index >= 15 is 0 Å². The first kappa shape index (κ1) is 8.91. The van der Waals surface area contributed by atoms with E-state index in [4.69, 9.17) is 34.8 Å². The molecule has 0 aliphatic rings. The molecule has 0 unspecified atom stereocenters. The van der Waals surface area contributed by atoms with E-state index in [0.717, 1.165) is 0 Å². The molecular weight excluding hydrogens is 208 g/mol. The van der Waals surface area contributed by atoms with Crippen LogP contribution in [0.15, 0.2) is 12.1 Å². The van der Waals surface area contributed by atoms with Gasteiger partial charge in [0.25, 0.3) is 0 Å². The summed E-state index contributed by atoms with van der Waals surface area (Å²) in [7, 11) is 0. The minimum absolute atomic E-state index is 0.00617. The van der Waals surface area contributed by atoms with Crippen LogP contribution in [0.4, 0.5) is 0 Å². The van der Waals surface area contributed by atoms with Crippen molar-refractivity contribution in [2.75, 3.05) is 0 Å². The van der Waals surface area contributed by atoms with E-state index in [9.17, 15) is 4.79 Å². The maximum Gasteiger partial charge on any atom is 0.241 e. The van der Waals surface area contributed by atoms with Gasteiger partial charge in [-0.25, -0.2) is 0 Å². The monoisotopic (exact) mass is 211 g/mol. The van der Waals surface area contributed by atoms with Crippen molar-refractivity contribution in [3.05, 3.63) is 22.4 Å². The van der Waals surface area contributed by atoms with E-state index in [-0.39, 0.29) is 6.54 Å². The highest BCUT2D eigenvalue weighted by molar-refractivity contribution is 6.63. The standard InChI is InChI=1S/C6H4Cl3NO/c7-4-1-2-5(8)10(4)3-6(9)11/h1-2H,3H2. The average molecular weight is 212 g/mol. The molecule has 11 heavy (non-hydrogen) atoms. The summed E-state index contributed by atoms with van der Waals surface area (Å²) in [6.07, 6.45) is 0. The molecule has 2 nitrogen and oxygen atoms in total. The van der Waals surface area contributed by atoms with Crippen molar-refractivity contribution >= 4 is 40.0 Å². The van der Waals surface area contributed by atoms with Gasteiger partial charge in [0, 0.05) is 0 Å². The largest absolute Gasteiger partial charge is 0.314 e. The quantitative estimate of drug-likeness (QED) is 0.691. The van der Waals surface area contributed by atoms with Crippen molar-refractivity contribution in [2.45, 2.75) is 6.54 Å². The van der Waals surface area contributed by atoms with Crippen LogP contribution < -0.4 is 0 Å². The van der Waals surface area contributed by atoms with Crippen LogP contribution in [0.5, 0.6) is 0 Å². The summed E-state index contributed by atoms with van der Waals surface area (Å²) in [6, 6.07) is 3.20. The number of carbonyl (C=O) groups excluding carboxylic acids is 1. The molecule has 0 radical (unpaired) electrons. The SMILES string of the molecule is O=C(Cl)Cn1c(Cl)ccc1Cl. The van der Waals surface area contributed by atoms with E-state index in [1.807, 2.05) is 0 Å². The van der Waals surface area contributed by atoms with E-state index in [2.05, 4.69) is 0 Å². The van der Waals surface area contributed by atoms with Crippen molar-refractivity contribution in [2.24, 2.45) is 0 Å². The number of rotatable bonds is 2. The Morgan fingerprint density at radius 3 is 2.18 bits per heavy atom. The number of nitrogens with zero attached hydrogens (tertiary/aromatic N) is 1. The molecule has 5 heteroatoms. The highest BCUT2D eigenvalue weighted by atomic mass is 35.5. The van der Waals surface area contributed by atoms with Gasteiger partial charge in [0.2, 0.25) is 5.24 Å².